The zero-order valence-corrected chi connectivity index (χ0v) is 13.0. The first-order valence-corrected chi connectivity index (χ1v) is 10.3. The molecule has 2 aromatic rings. The van der Waals surface area contributed by atoms with Gasteiger partial charge in [0.2, 0.25) is 0 Å². The van der Waals surface area contributed by atoms with Crippen LogP contribution in [0.5, 0.6) is 0 Å². The van der Waals surface area contributed by atoms with E-state index >= 15 is 0 Å². The van der Waals surface area contributed by atoms with Gasteiger partial charge in [0.05, 0.1) is 0 Å². The van der Waals surface area contributed by atoms with Crippen molar-refractivity contribution in [2.45, 2.75) is 7.42 Å². The predicted molar refractivity (Wildman–Crippen MR) is 82.3 cm³/mol. The van der Waals surface area contributed by atoms with Crippen molar-refractivity contribution in [1.82, 2.24) is 0 Å². The molecule has 20 heavy (non-hydrogen) atoms. The van der Waals surface area contributed by atoms with Crippen molar-refractivity contribution in [3.05, 3.63) is 82.9 Å². The van der Waals surface area contributed by atoms with Gasteiger partial charge >= 0.3 is 134 Å². The van der Waals surface area contributed by atoms with E-state index in [0.29, 0.717) is 4.28 Å². The molecule has 0 N–H and O–H groups in total. The average Bonchev–Trinajstić information content (AvgIpc) is 3.11. The number of allylic oxidation sites excluding steroid dienone is 2. The van der Waals surface area contributed by atoms with E-state index in [1.54, 1.807) is 0 Å². The maximum atomic E-state index is 2.49. The fourth-order valence-corrected chi connectivity index (χ4v) is 7.30. The summed E-state index contributed by atoms with van der Waals surface area (Å²) < 4.78 is 3.79. The molecule has 0 bridgehead atoms. The van der Waals surface area contributed by atoms with Gasteiger partial charge in [-0.2, -0.15) is 0 Å². The Morgan fingerprint density at radius 1 is 0.700 bits per heavy atom. The molecule has 0 fully saturated rings. The van der Waals surface area contributed by atoms with E-state index in [0.717, 1.165) is 0 Å². The Morgan fingerprint density at radius 3 is 1.65 bits per heavy atom. The van der Waals surface area contributed by atoms with Crippen molar-refractivity contribution in [3.8, 4) is 0 Å². The van der Waals surface area contributed by atoms with Crippen molar-refractivity contribution in [3.63, 3.8) is 0 Å². The third kappa shape index (κ3) is 2.01. The molecule has 0 amide bonds. The van der Waals surface area contributed by atoms with Gasteiger partial charge < -0.3 is 0 Å². The summed E-state index contributed by atoms with van der Waals surface area (Å²) in [5.74, 6) is 0. The standard InChI is InChI=1S/2C9H7.CH3.Lu/c2*1-2-5-9-7-3-6-8(9)4-1;;/h2*1-7H;1H3;. The topological polar surface area (TPSA) is 0 Å². The van der Waals surface area contributed by atoms with E-state index < -0.39 is 31.1 Å². The van der Waals surface area contributed by atoms with E-state index in [1.165, 1.54) is 22.3 Å². The second-order valence-electron chi connectivity index (χ2n) is 5.01. The molecule has 0 aliphatic heterocycles. The zero-order valence-electron chi connectivity index (χ0n) is 11.3. The molecule has 2 unspecified atom stereocenters. The van der Waals surface area contributed by atoms with Gasteiger partial charge in [0.15, 0.2) is 0 Å². The van der Waals surface area contributed by atoms with Crippen LogP contribution < -0.4 is 0 Å². The molecular weight excluding hydrogens is 403 g/mol. The normalized spacial score (nSPS) is 22.8. The van der Waals surface area contributed by atoms with Crippen LogP contribution in [-0.4, -0.2) is 0 Å². The molecule has 108 valence electrons. The molecule has 0 heterocycles. The van der Waals surface area contributed by atoms with Gasteiger partial charge in [-0.05, 0) is 0 Å². The Balaban J connectivity index is 1.69. The average molecular weight is 420 g/mol. The Kier molecular flexibility index (Phi) is 3.32. The van der Waals surface area contributed by atoms with Crippen LogP contribution in [0, 0.1) is 31.1 Å². The first-order valence-electron chi connectivity index (χ1n) is 6.70. The monoisotopic (exact) mass is 420 g/mol. The van der Waals surface area contributed by atoms with Crippen LogP contribution in [0.25, 0.3) is 12.2 Å². The summed E-state index contributed by atoms with van der Waals surface area (Å²) in [5.41, 5.74) is 5.90. The molecule has 0 saturated carbocycles. The summed E-state index contributed by atoms with van der Waals surface area (Å²) in [7, 11) is 0. The molecule has 0 saturated heterocycles. The fourth-order valence-electron chi connectivity index (χ4n) is 2.84. The minimum absolute atomic E-state index is 0.645. The van der Waals surface area contributed by atoms with E-state index in [2.05, 4.69) is 76.0 Å². The summed E-state index contributed by atoms with van der Waals surface area (Å²) in [6.07, 6.45) is 9.47. The molecular formula is C19H17Lu. The Hall–Kier alpha value is -0.846. The van der Waals surface area contributed by atoms with Gasteiger partial charge in [0, 0.05) is 0 Å². The van der Waals surface area contributed by atoms with Gasteiger partial charge in [0.25, 0.3) is 0 Å². The molecule has 0 aromatic heterocycles. The van der Waals surface area contributed by atoms with Crippen LogP contribution in [0.15, 0.2) is 60.7 Å². The Labute approximate surface area is 132 Å². The first-order chi connectivity index (χ1) is 9.84. The second-order valence-corrected chi connectivity index (χ2v) is 9.54. The van der Waals surface area contributed by atoms with Gasteiger partial charge in [-0.25, -0.2) is 0 Å². The second kappa shape index (κ2) is 5.17. The van der Waals surface area contributed by atoms with Crippen LogP contribution >= 0.6 is 0 Å². The van der Waals surface area contributed by atoms with Gasteiger partial charge in [-0.1, -0.05) is 0 Å². The van der Waals surface area contributed by atoms with Gasteiger partial charge in [0.1, 0.15) is 0 Å². The van der Waals surface area contributed by atoms with E-state index in [9.17, 15) is 0 Å². The third-order valence-electron chi connectivity index (χ3n) is 3.86. The Bertz CT molecular complexity index is 650. The molecule has 0 nitrogen and oxygen atoms in total. The molecule has 0 spiro atoms. The minimum atomic E-state index is -0.645. The van der Waals surface area contributed by atoms with Crippen molar-refractivity contribution in [1.29, 1.82) is 0 Å². The van der Waals surface area contributed by atoms with Crippen LogP contribution in [0.3, 0.4) is 0 Å². The molecule has 1 heteroatoms. The summed E-state index contributed by atoms with van der Waals surface area (Å²) in [4.78, 5) is 0. The van der Waals surface area contributed by atoms with Crippen LogP contribution in [-0.2, 0) is 0 Å². The van der Waals surface area contributed by atoms with Crippen molar-refractivity contribution in [2.24, 2.45) is 0 Å². The van der Waals surface area contributed by atoms with E-state index in [-0.39, 0.29) is 0 Å². The van der Waals surface area contributed by atoms with E-state index in [4.69, 9.17) is 0 Å². The SMILES string of the molecule is [CH3][Lu]([CH]1C=Cc2ccccc21)[CH]1C=Cc2ccccc21. The quantitative estimate of drug-likeness (QED) is 0.627. The van der Waals surface area contributed by atoms with E-state index in [1.807, 2.05) is 0 Å². The van der Waals surface area contributed by atoms with Crippen LogP contribution in [0.1, 0.15) is 26.5 Å². The number of benzene rings is 2. The molecule has 2 aliphatic carbocycles. The van der Waals surface area contributed by atoms with Gasteiger partial charge in [-0.3, -0.25) is 0 Å². The Morgan fingerprint density at radius 2 is 1.15 bits per heavy atom. The zero-order chi connectivity index (χ0) is 13.5. The summed E-state index contributed by atoms with van der Waals surface area (Å²) >= 11 is -0.645. The van der Waals surface area contributed by atoms with Crippen LogP contribution in [0.4, 0.5) is 0 Å². The number of hydrogen-bond donors (Lipinski definition) is 0. The van der Waals surface area contributed by atoms with Crippen molar-refractivity contribution < 1.29 is 31.1 Å². The predicted octanol–water partition coefficient (Wildman–Crippen LogP) is 5.19. The molecule has 4 rings (SSSR count). The summed E-state index contributed by atoms with van der Waals surface area (Å²) in [6, 6.07) is 17.7. The molecule has 2 aromatic carbocycles. The number of hydrogen-bond acceptors (Lipinski definition) is 0. The van der Waals surface area contributed by atoms with Crippen LogP contribution in [0.2, 0.25) is 3.14 Å². The molecule has 2 atom stereocenters. The van der Waals surface area contributed by atoms with Gasteiger partial charge in [-0.15, -0.1) is 0 Å². The van der Waals surface area contributed by atoms with Crippen molar-refractivity contribution in [2.75, 3.05) is 0 Å². The fraction of sp³-hybridized carbons (Fsp3) is 0.158. The molecule has 0 radical (unpaired) electrons. The van der Waals surface area contributed by atoms with Crippen molar-refractivity contribution >= 4 is 12.2 Å². The summed E-state index contributed by atoms with van der Waals surface area (Å²) in [6.45, 7) is 0. The maximum absolute atomic E-state index is 2.49. The number of rotatable bonds is 2. The summed E-state index contributed by atoms with van der Waals surface area (Å²) in [5, 5.41) is 0. The number of fused-ring (bicyclic) bond motifs is 2. The molecule has 2 aliphatic rings. The third-order valence-corrected chi connectivity index (χ3v) is 8.78. The first kappa shape index (κ1) is 12.9.